The Balaban J connectivity index is 1.42. The van der Waals surface area contributed by atoms with Gasteiger partial charge in [-0.3, -0.25) is 19.4 Å². The molecule has 0 radical (unpaired) electrons. The van der Waals surface area contributed by atoms with Crippen molar-refractivity contribution in [2.75, 3.05) is 44.2 Å². The standard InChI is InChI=1S/C28H31FN4O2/c29-24-11-13-25(14-12-24)33(16-15-26(30)34)27(35)21-31-17-19-32(20-18-31)28(22-7-3-1-4-8-22)23-9-5-2-6-10-23/h1-14,28H,15-21H2,(H2,30,34). The zero-order chi connectivity index (χ0) is 24.6. The number of halogens is 1. The van der Waals surface area contributed by atoms with Crippen LogP contribution >= 0.6 is 0 Å². The Morgan fingerprint density at radius 3 is 1.89 bits per heavy atom. The summed E-state index contributed by atoms with van der Waals surface area (Å²) in [7, 11) is 0. The Labute approximate surface area is 205 Å². The predicted octanol–water partition coefficient (Wildman–Crippen LogP) is 3.44. The van der Waals surface area contributed by atoms with Crippen molar-refractivity contribution in [3.05, 3.63) is 102 Å². The molecule has 3 aromatic carbocycles. The number of anilines is 1. The SMILES string of the molecule is NC(=O)CCN(C(=O)CN1CCN(C(c2ccccc2)c2ccccc2)CC1)c1ccc(F)cc1. The molecule has 0 saturated carbocycles. The van der Waals surface area contributed by atoms with Crippen LogP contribution in [0.3, 0.4) is 0 Å². The molecule has 1 aliphatic heterocycles. The van der Waals surface area contributed by atoms with Gasteiger partial charge < -0.3 is 10.6 Å². The third-order valence-electron chi connectivity index (χ3n) is 6.38. The normalized spacial score (nSPS) is 14.7. The highest BCUT2D eigenvalue weighted by molar-refractivity contribution is 5.95. The van der Waals surface area contributed by atoms with Gasteiger partial charge in [0.1, 0.15) is 5.82 Å². The van der Waals surface area contributed by atoms with Crippen LogP contribution in [0.4, 0.5) is 10.1 Å². The lowest BCUT2D eigenvalue weighted by Gasteiger charge is -2.40. The number of hydrogen-bond acceptors (Lipinski definition) is 4. The van der Waals surface area contributed by atoms with Crippen molar-refractivity contribution in [2.24, 2.45) is 5.73 Å². The van der Waals surface area contributed by atoms with Crippen LogP contribution in [0.5, 0.6) is 0 Å². The summed E-state index contributed by atoms with van der Waals surface area (Å²) in [5, 5.41) is 0. The number of amides is 2. The van der Waals surface area contributed by atoms with Crippen molar-refractivity contribution in [3.63, 3.8) is 0 Å². The lowest BCUT2D eigenvalue weighted by molar-refractivity contribution is -0.120. The van der Waals surface area contributed by atoms with Gasteiger partial charge in [-0.1, -0.05) is 60.7 Å². The van der Waals surface area contributed by atoms with E-state index in [2.05, 4.69) is 58.3 Å². The van der Waals surface area contributed by atoms with Crippen molar-refractivity contribution in [2.45, 2.75) is 12.5 Å². The maximum Gasteiger partial charge on any atom is 0.241 e. The molecule has 0 unspecified atom stereocenters. The molecule has 35 heavy (non-hydrogen) atoms. The molecule has 6 nitrogen and oxygen atoms in total. The van der Waals surface area contributed by atoms with Crippen LogP contribution < -0.4 is 10.6 Å². The lowest BCUT2D eigenvalue weighted by Crippen LogP contribution is -2.51. The predicted molar refractivity (Wildman–Crippen MR) is 135 cm³/mol. The first-order valence-electron chi connectivity index (χ1n) is 11.9. The van der Waals surface area contributed by atoms with Gasteiger partial charge in [-0.15, -0.1) is 0 Å². The van der Waals surface area contributed by atoms with Crippen LogP contribution in [-0.4, -0.2) is 60.9 Å². The molecule has 2 N–H and O–H groups in total. The summed E-state index contributed by atoms with van der Waals surface area (Å²) in [5.74, 6) is -0.987. The number of carbonyl (C=O) groups excluding carboxylic acids is 2. The topological polar surface area (TPSA) is 69.9 Å². The van der Waals surface area contributed by atoms with Crippen molar-refractivity contribution < 1.29 is 14.0 Å². The van der Waals surface area contributed by atoms with Gasteiger partial charge in [0, 0.05) is 44.8 Å². The molecule has 1 aliphatic rings. The summed E-state index contributed by atoms with van der Waals surface area (Å²) in [5.41, 5.74) is 8.37. The second kappa shape index (κ2) is 11.7. The molecular weight excluding hydrogens is 443 g/mol. The molecule has 182 valence electrons. The summed E-state index contributed by atoms with van der Waals surface area (Å²) in [6.07, 6.45) is 0.0483. The minimum absolute atomic E-state index is 0.0483. The maximum atomic E-state index is 13.4. The zero-order valence-electron chi connectivity index (χ0n) is 19.7. The van der Waals surface area contributed by atoms with Crippen LogP contribution in [0, 0.1) is 5.82 Å². The average Bonchev–Trinajstić information content (AvgIpc) is 2.87. The molecule has 4 rings (SSSR count). The second-order valence-corrected chi connectivity index (χ2v) is 8.77. The molecule has 3 aromatic rings. The third-order valence-corrected chi connectivity index (χ3v) is 6.38. The molecule has 2 amide bonds. The monoisotopic (exact) mass is 474 g/mol. The minimum Gasteiger partial charge on any atom is -0.370 e. The van der Waals surface area contributed by atoms with Gasteiger partial charge in [0.05, 0.1) is 12.6 Å². The minimum atomic E-state index is -0.480. The highest BCUT2D eigenvalue weighted by Gasteiger charge is 2.28. The first-order chi connectivity index (χ1) is 17.0. The summed E-state index contributed by atoms with van der Waals surface area (Å²) in [6, 6.07) is 26.8. The van der Waals surface area contributed by atoms with Gasteiger partial charge in [0.25, 0.3) is 0 Å². The largest absolute Gasteiger partial charge is 0.370 e. The summed E-state index contributed by atoms with van der Waals surface area (Å²) >= 11 is 0. The van der Waals surface area contributed by atoms with E-state index in [0.29, 0.717) is 5.69 Å². The van der Waals surface area contributed by atoms with Gasteiger partial charge in [-0.2, -0.15) is 0 Å². The van der Waals surface area contributed by atoms with Crippen LogP contribution in [0.15, 0.2) is 84.9 Å². The number of primary amides is 1. The van der Waals surface area contributed by atoms with Crippen molar-refractivity contribution >= 4 is 17.5 Å². The molecule has 0 bridgehead atoms. The Bertz CT molecular complexity index is 1060. The van der Waals surface area contributed by atoms with Gasteiger partial charge in [0.2, 0.25) is 11.8 Å². The number of hydrogen-bond donors (Lipinski definition) is 1. The Kier molecular flexibility index (Phi) is 8.23. The Morgan fingerprint density at radius 1 is 0.829 bits per heavy atom. The van der Waals surface area contributed by atoms with Gasteiger partial charge >= 0.3 is 0 Å². The van der Waals surface area contributed by atoms with E-state index in [-0.39, 0.29) is 37.3 Å². The van der Waals surface area contributed by atoms with Crippen LogP contribution in [0.25, 0.3) is 0 Å². The van der Waals surface area contributed by atoms with Gasteiger partial charge in [-0.25, -0.2) is 4.39 Å². The highest BCUT2D eigenvalue weighted by atomic mass is 19.1. The van der Waals surface area contributed by atoms with Crippen molar-refractivity contribution in [3.8, 4) is 0 Å². The second-order valence-electron chi connectivity index (χ2n) is 8.77. The average molecular weight is 475 g/mol. The molecule has 0 atom stereocenters. The summed E-state index contributed by atoms with van der Waals surface area (Å²) in [6.45, 7) is 3.53. The molecule has 0 aliphatic carbocycles. The maximum absolute atomic E-state index is 13.4. The van der Waals surface area contributed by atoms with Crippen LogP contribution in [0.1, 0.15) is 23.6 Å². The number of nitrogens with two attached hydrogens (primary N) is 1. The van der Waals surface area contributed by atoms with Crippen LogP contribution in [-0.2, 0) is 9.59 Å². The molecule has 1 fully saturated rings. The molecule has 1 saturated heterocycles. The van der Waals surface area contributed by atoms with E-state index in [1.54, 1.807) is 12.1 Å². The smallest absolute Gasteiger partial charge is 0.241 e. The fourth-order valence-electron chi connectivity index (χ4n) is 4.58. The van der Waals surface area contributed by atoms with Crippen LogP contribution in [0.2, 0.25) is 0 Å². The van der Waals surface area contributed by atoms with E-state index >= 15 is 0 Å². The first-order valence-corrected chi connectivity index (χ1v) is 11.9. The first kappa shape index (κ1) is 24.6. The third kappa shape index (κ3) is 6.53. The highest BCUT2D eigenvalue weighted by Crippen LogP contribution is 2.29. The van der Waals surface area contributed by atoms with E-state index < -0.39 is 5.91 Å². The van der Waals surface area contributed by atoms with Gasteiger partial charge in [0.15, 0.2) is 0 Å². The molecule has 7 heteroatoms. The van der Waals surface area contributed by atoms with E-state index in [1.807, 2.05) is 12.1 Å². The summed E-state index contributed by atoms with van der Waals surface area (Å²) < 4.78 is 13.4. The lowest BCUT2D eigenvalue weighted by atomic mass is 9.96. The number of piperazine rings is 1. The number of nitrogens with zero attached hydrogens (tertiary/aromatic N) is 3. The van der Waals surface area contributed by atoms with E-state index in [1.165, 1.54) is 28.2 Å². The van der Waals surface area contributed by atoms with E-state index in [0.717, 1.165) is 26.2 Å². The van der Waals surface area contributed by atoms with E-state index in [4.69, 9.17) is 5.73 Å². The Morgan fingerprint density at radius 2 is 1.37 bits per heavy atom. The van der Waals surface area contributed by atoms with Gasteiger partial charge in [-0.05, 0) is 35.4 Å². The quantitative estimate of drug-likeness (QED) is 0.516. The number of rotatable bonds is 9. The molecule has 1 heterocycles. The summed E-state index contributed by atoms with van der Waals surface area (Å²) in [4.78, 5) is 30.6. The van der Waals surface area contributed by atoms with Crippen molar-refractivity contribution in [1.29, 1.82) is 0 Å². The molecule has 0 spiro atoms. The fourth-order valence-corrected chi connectivity index (χ4v) is 4.58. The molecule has 0 aromatic heterocycles. The van der Waals surface area contributed by atoms with E-state index in [9.17, 15) is 14.0 Å². The number of carbonyl (C=O) groups is 2. The zero-order valence-corrected chi connectivity index (χ0v) is 19.7. The fraction of sp³-hybridized carbons (Fsp3) is 0.286. The Hall–Kier alpha value is -3.55. The van der Waals surface area contributed by atoms with Crippen molar-refractivity contribution in [1.82, 2.24) is 9.80 Å². The molecular formula is C28H31FN4O2. The number of benzene rings is 3.